The number of benzene rings is 1. The zero-order chi connectivity index (χ0) is 11.4. The fraction of sp³-hybridized carbons (Fsp3) is 0.455. The van der Waals surface area contributed by atoms with Crippen molar-refractivity contribution in [1.82, 2.24) is 5.43 Å². The van der Waals surface area contributed by atoms with Crippen molar-refractivity contribution in [2.24, 2.45) is 11.8 Å². The van der Waals surface area contributed by atoms with Crippen LogP contribution in [0.3, 0.4) is 0 Å². The van der Waals surface area contributed by atoms with Crippen LogP contribution >= 0.6 is 11.6 Å². The molecule has 1 atom stereocenters. The summed E-state index contributed by atoms with van der Waals surface area (Å²) in [5.41, 5.74) is 10.4. The molecule has 1 aromatic carbocycles. The number of rotatable bonds is 4. The number of nitrogen functional groups attached to an aromatic ring is 1. The van der Waals surface area contributed by atoms with Crippen LogP contribution in [-0.2, 0) is 0 Å². The molecule has 0 aliphatic heterocycles. The van der Waals surface area contributed by atoms with E-state index in [1.165, 1.54) is 0 Å². The Morgan fingerprint density at radius 1 is 1.40 bits per heavy atom. The molecule has 0 saturated heterocycles. The van der Waals surface area contributed by atoms with Gasteiger partial charge in [0.1, 0.15) is 0 Å². The Labute approximate surface area is 95.8 Å². The predicted molar refractivity (Wildman–Crippen MR) is 65.4 cm³/mol. The molecule has 84 valence electrons. The van der Waals surface area contributed by atoms with Crippen LogP contribution in [0.1, 0.15) is 31.9 Å². The number of hydrogen-bond acceptors (Lipinski definition) is 3. The highest BCUT2D eigenvalue weighted by molar-refractivity contribution is 6.30. The van der Waals surface area contributed by atoms with Crippen molar-refractivity contribution in [1.29, 1.82) is 0 Å². The number of halogens is 1. The Hall–Kier alpha value is -0.770. The molecule has 5 N–H and O–H groups in total. The Bertz CT molecular complexity index is 326. The average molecular weight is 228 g/mol. The lowest BCUT2D eigenvalue weighted by Crippen LogP contribution is -2.29. The van der Waals surface area contributed by atoms with E-state index >= 15 is 0 Å². The molecule has 0 saturated carbocycles. The second-order valence-corrected chi connectivity index (χ2v) is 4.56. The molecule has 3 nitrogen and oxygen atoms in total. The third-order valence-corrected chi connectivity index (χ3v) is 2.57. The highest BCUT2D eigenvalue weighted by atomic mass is 35.5. The van der Waals surface area contributed by atoms with Crippen molar-refractivity contribution in [2.75, 3.05) is 5.73 Å². The average Bonchev–Trinajstić information content (AvgIpc) is 2.14. The SMILES string of the molecule is CC(C)CC(NN)c1ccc(Cl)cc1N. The molecule has 1 rings (SSSR count). The van der Waals surface area contributed by atoms with Gasteiger partial charge in [-0.25, -0.2) is 0 Å². The Morgan fingerprint density at radius 2 is 2.07 bits per heavy atom. The number of nitrogens with one attached hydrogen (secondary N) is 1. The lowest BCUT2D eigenvalue weighted by molar-refractivity contribution is 0.439. The normalized spacial score (nSPS) is 13.1. The first-order chi connectivity index (χ1) is 7.04. The molecule has 0 radical (unpaired) electrons. The van der Waals surface area contributed by atoms with Crippen LogP contribution in [-0.4, -0.2) is 0 Å². The molecule has 1 aromatic rings. The molecular weight excluding hydrogens is 210 g/mol. The van der Waals surface area contributed by atoms with Gasteiger partial charge in [-0.15, -0.1) is 0 Å². The second-order valence-electron chi connectivity index (χ2n) is 4.12. The van der Waals surface area contributed by atoms with Gasteiger partial charge in [0.15, 0.2) is 0 Å². The van der Waals surface area contributed by atoms with Crippen LogP contribution < -0.4 is 17.0 Å². The van der Waals surface area contributed by atoms with Crippen molar-refractivity contribution in [2.45, 2.75) is 26.3 Å². The molecule has 0 bridgehead atoms. The van der Waals surface area contributed by atoms with Gasteiger partial charge >= 0.3 is 0 Å². The largest absolute Gasteiger partial charge is 0.398 e. The summed E-state index contributed by atoms with van der Waals surface area (Å²) in [6.07, 6.45) is 0.947. The van der Waals surface area contributed by atoms with Gasteiger partial charge in [0.25, 0.3) is 0 Å². The smallest absolute Gasteiger partial charge is 0.0482 e. The number of hydrazine groups is 1. The molecule has 0 heterocycles. The van der Waals surface area contributed by atoms with Gasteiger partial charge in [-0.3, -0.25) is 11.3 Å². The van der Waals surface area contributed by atoms with Crippen molar-refractivity contribution >= 4 is 17.3 Å². The zero-order valence-corrected chi connectivity index (χ0v) is 9.88. The molecule has 0 spiro atoms. The van der Waals surface area contributed by atoms with Gasteiger partial charge in [-0.1, -0.05) is 31.5 Å². The maximum atomic E-state index is 5.89. The predicted octanol–water partition coefficient (Wildman–Crippen LogP) is 2.47. The summed E-state index contributed by atoms with van der Waals surface area (Å²) in [4.78, 5) is 0. The topological polar surface area (TPSA) is 64.1 Å². The number of nitrogens with two attached hydrogens (primary N) is 2. The molecule has 4 heteroatoms. The maximum Gasteiger partial charge on any atom is 0.0482 e. The van der Waals surface area contributed by atoms with Gasteiger partial charge in [-0.2, -0.15) is 0 Å². The van der Waals surface area contributed by atoms with Gasteiger partial charge in [0.2, 0.25) is 0 Å². The van der Waals surface area contributed by atoms with Crippen LogP contribution in [0.15, 0.2) is 18.2 Å². The lowest BCUT2D eigenvalue weighted by Gasteiger charge is -2.20. The summed E-state index contributed by atoms with van der Waals surface area (Å²) in [5, 5.41) is 0.650. The van der Waals surface area contributed by atoms with Crippen molar-refractivity contribution < 1.29 is 0 Å². The molecule has 0 aromatic heterocycles. The monoisotopic (exact) mass is 227 g/mol. The first-order valence-electron chi connectivity index (χ1n) is 5.05. The van der Waals surface area contributed by atoms with E-state index in [2.05, 4.69) is 19.3 Å². The van der Waals surface area contributed by atoms with E-state index < -0.39 is 0 Å². The highest BCUT2D eigenvalue weighted by Crippen LogP contribution is 2.27. The van der Waals surface area contributed by atoms with Crippen molar-refractivity contribution in [3.8, 4) is 0 Å². The van der Waals surface area contributed by atoms with E-state index in [0.29, 0.717) is 16.6 Å². The summed E-state index contributed by atoms with van der Waals surface area (Å²) in [6.45, 7) is 4.30. The van der Waals surface area contributed by atoms with Crippen molar-refractivity contribution in [3.05, 3.63) is 28.8 Å². The molecule has 0 fully saturated rings. The second kappa shape index (κ2) is 5.35. The van der Waals surface area contributed by atoms with Gasteiger partial charge in [0.05, 0.1) is 0 Å². The summed E-state index contributed by atoms with van der Waals surface area (Å²) in [6, 6.07) is 5.59. The van der Waals surface area contributed by atoms with Crippen LogP contribution in [0, 0.1) is 5.92 Å². The van der Waals surface area contributed by atoms with E-state index in [9.17, 15) is 0 Å². The fourth-order valence-electron chi connectivity index (χ4n) is 1.62. The van der Waals surface area contributed by atoms with E-state index in [4.69, 9.17) is 23.2 Å². The number of anilines is 1. The minimum atomic E-state index is 0.0854. The van der Waals surface area contributed by atoms with Crippen LogP contribution in [0.2, 0.25) is 5.02 Å². The summed E-state index contributed by atoms with van der Waals surface area (Å²) < 4.78 is 0. The van der Waals surface area contributed by atoms with E-state index in [-0.39, 0.29) is 6.04 Å². The molecule has 1 unspecified atom stereocenters. The van der Waals surface area contributed by atoms with Gasteiger partial charge in [-0.05, 0) is 30.0 Å². The van der Waals surface area contributed by atoms with E-state index in [1.54, 1.807) is 6.07 Å². The first kappa shape index (κ1) is 12.3. The molecule has 0 aliphatic carbocycles. The first-order valence-corrected chi connectivity index (χ1v) is 5.43. The summed E-state index contributed by atoms with van der Waals surface area (Å²) in [7, 11) is 0. The minimum Gasteiger partial charge on any atom is -0.398 e. The van der Waals surface area contributed by atoms with Crippen molar-refractivity contribution in [3.63, 3.8) is 0 Å². The Balaban J connectivity index is 2.91. The molecule has 0 amide bonds. The quantitative estimate of drug-likeness (QED) is 0.421. The molecular formula is C11H18ClN3. The van der Waals surface area contributed by atoms with Crippen LogP contribution in [0.5, 0.6) is 0 Å². The Kier molecular flexibility index (Phi) is 4.39. The molecule has 0 aliphatic rings. The third kappa shape index (κ3) is 3.38. The van der Waals surface area contributed by atoms with Crippen LogP contribution in [0.4, 0.5) is 5.69 Å². The summed E-state index contributed by atoms with van der Waals surface area (Å²) >= 11 is 5.84. The fourth-order valence-corrected chi connectivity index (χ4v) is 1.80. The lowest BCUT2D eigenvalue weighted by atomic mass is 9.96. The van der Waals surface area contributed by atoms with E-state index in [0.717, 1.165) is 12.0 Å². The van der Waals surface area contributed by atoms with Gasteiger partial charge in [0, 0.05) is 16.8 Å². The van der Waals surface area contributed by atoms with Crippen LogP contribution in [0.25, 0.3) is 0 Å². The highest BCUT2D eigenvalue weighted by Gasteiger charge is 2.14. The zero-order valence-electron chi connectivity index (χ0n) is 9.13. The van der Waals surface area contributed by atoms with E-state index in [1.807, 2.05) is 12.1 Å². The maximum absolute atomic E-state index is 5.89. The molecule has 15 heavy (non-hydrogen) atoms. The van der Waals surface area contributed by atoms with Gasteiger partial charge < -0.3 is 5.73 Å². The Morgan fingerprint density at radius 3 is 2.53 bits per heavy atom. The third-order valence-electron chi connectivity index (χ3n) is 2.33. The summed E-state index contributed by atoms with van der Waals surface area (Å²) in [5.74, 6) is 6.08. The minimum absolute atomic E-state index is 0.0854. The standard InChI is InChI=1S/C11H18ClN3/c1-7(2)5-11(15-14)9-4-3-8(12)6-10(9)13/h3-4,6-7,11,15H,5,13-14H2,1-2H3. The number of hydrogen-bond donors (Lipinski definition) is 3.